The monoisotopic (exact) mass is 275 g/mol. The topological polar surface area (TPSA) is 12.0 Å². The zero-order chi connectivity index (χ0) is 13.2. The summed E-state index contributed by atoms with van der Waals surface area (Å²) in [6.45, 7) is 0.00581. The van der Waals surface area contributed by atoms with E-state index in [9.17, 15) is 17.6 Å². The van der Waals surface area contributed by atoms with Crippen LogP contribution < -0.4 is 5.32 Å². The van der Waals surface area contributed by atoms with Crippen molar-refractivity contribution in [1.29, 1.82) is 0 Å². The van der Waals surface area contributed by atoms with Crippen LogP contribution in [-0.2, 0) is 12.7 Å². The molecule has 0 aliphatic rings. The molecular weight excluding hydrogens is 266 g/mol. The zero-order valence-corrected chi connectivity index (χ0v) is 9.91. The fraction of sp³-hybridized carbons (Fsp3) is 0.167. The van der Waals surface area contributed by atoms with E-state index in [1.54, 1.807) is 11.4 Å². The molecule has 0 atom stereocenters. The molecule has 0 aliphatic heterocycles. The maximum absolute atomic E-state index is 12.9. The van der Waals surface area contributed by atoms with E-state index < -0.39 is 17.6 Å². The molecule has 2 rings (SSSR count). The maximum Gasteiger partial charge on any atom is 0.416 e. The molecule has 0 saturated carbocycles. The van der Waals surface area contributed by atoms with Gasteiger partial charge in [-0.25, -0.2) is 4.39 Å². The lowest BCUT2D eigenvalue weighted by Crippen LogP contribution is -2.12. The first-order chi connectivity index (χ1) is 8.47. The van der Waals surface area contributed by atoms with Crippen molar-refractivity contribution >= 4 is 17.0 Å². The average molecular weight is 275 g/mol. The van der Waals surface area contributed by atoms with Crippen molar-refractivity contribution in [3.63, 3.8) is 0 Å². The Morgan fingerprint density at radius 3 is 2.56 bits per heavy atom. The Labute approximate surface area is 105 Å². The van der Waals surface area contributed by atoms with Crippen molar-refractivity contribution in [2.75, 3.05) is 5.32 Å². The van der Waals surface area contributed by atoms with E-state index in [0.717, 1.165) is 17.8 Å². The van der Waals surface area contributed by atoms with E-state index in [4.69, 9.17) is 0 Å². The lowest BCUT2D eigenvalue weighted by molar-refractivity contribution is -0.138. The summed E-state index contributed by atoms with van der Waals surface area (Å²) >= 11 is 1.44. The quantitative estimate of drug-likeness (QED) is 0.812. The van der Waals surface area contributed by atoms with Gasteiger partial charge in [0.2, 0.25) is 0 Å². The van der Waals surface area contributed by atoms with Crippen LogP contribution in [0.25, 0.3) is 0 Å². The smallest absolute Gasteiger partial charge is 0.380 e. The molecule has 0 fully saturated rings. The van der Waals surface area contributed by atoms with Gasteiger partial charge in [0, 0.05) is 17.6 Å². The van der Waals surface area contributed by atoms with E-state index in [1.807, 2.05) is 5.38 Å². The van der Waals surface area contributed by atoms with Gasteiger partial charge in [0.25, 0.3) is 0 Å². The van der Waals surface area contributed by atoms with Crippen molar-refractivity contribution in [2.45, 2.75) is 12.7 Å². The average Bonchev–Trinajstić information content (AvgIpc) is 2.79. The van der Waals surface area contributed by atoms with Gasteiger partial charge in [0.15, 0.2) is 0 Å². The normalized spacial score (nSPS) is 11.6. The predicted octanol–water partition coefficient (Wildman–Crippen LogP) is 4.52. The number of hydrogen-bond acceptors (Lipinski definition) is 2. The van der Waals surface area contributed by atoms with Gasteiger partial charge >= 0.3 is 6.18 Å². The zero-order valence-electron chi connectivity index (χ0n) is 9.09. The van der Waals surface area contributed by atoms with Crippen molar-refractivity contribution in [3.8, 4) is 0 Å². The highest BCUT2D eigenvalue weighted by molar-refractivity contribution is 7.08. The molecule has 1 aromatic carbocycles. The maximum atomic E-state index is 12.9. The Hall–Kier alpha value is -1.56. The molecule has 0 spiro atoms. The summed E-state index contributed by atoms with van der Waals surface area (Å²) in [6.07, 6.45) is -4.55. The SMILES string of the molecule is Fc1ccc(CNc2ccsc2)c(C(F)(F)F)c1. The van der Waals surface area contributed by atoms with Crippen molar-refractivity contribution in [3.05, 3.63) is 52.0 Å². The van der Waals surface area contributed by atoms with Crippen LogP contribution in [-0.4, -0.2) is 0 Å². The first-order valence-corrected chi connectivity index (χ1v) is 6.03. The second kappa shape index (κ2) is 4.97. The van der Waals surface area contributed by atoms with E-state index in [1.165, 1.54) is 11.3 Å². The number of anilines is 1. The fourth-order valence-electron chi connectivity index (χ4n) is 1.53. The van der Waals surface area contributed by atoms with Gasteiger partial charge in [-0.15, -0.1) is 0 Å². The van der Waals surface area contributed by atoms with Gasteiger partial charge in [-0.05, 0) is 29.1 Å². The van der Waals surface area contributed by atoms with Gasteiger partial charge in [0.1, 0.15) is 5.82 Å². The second-order valence-corrected chi connectivity index (χ2v) is 4.44. The Bertz CT molecular complexity index is 519. The molecule has 96 valence electrons. The molecule has 0 saturated heterocycles. The minimum absolute atomic E-state index is 0.00581. The minimum atomic E-state index is -4.55. The molecule has 0 radical (unpaired) electrons. The van der Waals surface area contributed by atoms with Crippen LogP contribution in [0.15, 0.2) is 35.0 Å². The van der Waals surface area contributed by atoms with Crippen LogP contribution in [0.2, 0.25) is 0 Å². The first kappa shape index (κ1) is 12.9. The molecule has 6 heteroatoms. The molecule has 1 N–H and O–H groups in total. The summed E-state index contributed by atoms with van der Waals surface area (Å²) in [6, 6.07) is 4.46. The molecule has 0 bridgehead atoms. The lowest BCUT2D eigenvalue weighted by atomic mass is 10.1. The summed E-state index contributed by atoms with van der Waals surface area (Å²) in [5, 5.41) is 6.47. The number of hydrogen-bond donors (Lipinski definition) is 1. The summed E-state index contributed by atoms with van der Waals surface area (Å²) in [7, 11) is 0. The molecular formula is C12H9F4NS. The third-order valence-electron chi connectivity index (χ3n) is 2.38. The van der Waals surface area contributed by atoms with Gasteiger partial charge in [0.05, 0.1) is 5.56 Å². The summed E-state index contributed by atoms with van der Waals surface area (Å²) in [5.74, 6) is -0.887. The van der Waals surface area contributed by atoms with Crippen LogP contribution in [0.3, 0.4) is 0 Å². The van der Waals surface area contributed by atoms with Gasteiger partial charge in [-0.1, -0.05) is 6.07 Å². The van der Waals surface area contributed by atoms with E-state index >= 15 is 0 Å². The summed E-state index contributed by atoms with van der Waals surface area (Å²) in [5.41, 5.74) is -0.169. The summed E-state index contributed by atoms with van der Waals surface area (Å²) in [4.78, 5) is 0. The van der Waals surface area contributed by atoms with E-state index in [-0.39, 0.29) is 12.1 Å². The molecule has 0 unspecified atom stereocenters. The van der Waals surface area contributed by atoms with Crippen LogP contribution in [0.1, 0.15) is 11.1 Å². The Morgan fingerprint density at radius 1 is 1.17 bits per heavy atom. The van der Waals surface area contributed by atoms with Gasteiger partial charge < -0.3 is 5.32 Å². The Balaban J connectivity index is 2.22. The highest BCUT2D eigenvalue weighted by atomic mass is 32.1. The largest absolute Gasteiger partial charge is 0.416 e. The number of benzene rings is 1. The molecule has 1 nitrogen and oxygen atoms in total. The van der Waals surface area contributed by atoms with Crippen LogP contribution >= 0.6 is 11.3 Å². The Kier molecular flexibility index (Phi) is 3.56. The number of alkyl halides is 3. The minimum Gasteiger partial charge on any atom is -0.380 e. The standard InChI is InChI=1S/C12H9F4NS/c13-9-2-1-8(11(5-9)12(14,15)16)6-17-10-3-4-18-7-10/h1-5,7,17H,6H2. The van der Waals surface area contributed by atoms with Gasteiger partial charge in [-0.3, -0.25) is 0 Å². The van der Waals surface area contributed by atoms with Crippen LogP contribution in [0.5, 0.6) is 0 Å². The molecule has 1 aromatic heterocycles. The number of thiophene rings is 1. The third kappa shape index (κ3) is 3.01. The molecule has 18 heavy (non-hydrogen) atoms. The first-order valence-electron chi connectivity index (χ1n) is 5.08. The van der Waals surface area contributed by atoms with Crippen molar-refractivity contribution in [2.24, 2.45) is 0 Å². The second-order valence-electron chi connectivity index (χ2n) is 3.66. The molecule has 0 aliphatic carbocycles. The molecule has 2 aromatic rings. The highest BCUT2D eigenvalue weighted by Crippen LogP contribution is 2.32. The van der Waals surface area contributed by atoms with Crippen LogP contribution in [0, 0.1) is 5.82 Å². The highest BCUT2D eigenvalue weighted by Gasteiger charge is 2.33. The van der Waals surface area contributed by atoms with Crippen molar-refractivity contribution < 1.29 is 17.6 Å². The number of rotatable bonds is 3. The van der Waals surface area contributed by atoms with Crippen molar-refractivity contribution in [1.82, 2.24) is 0 Å². The lowest BCUT2D eigenvalue weighted by Gasteiger charge is -2.13. The van der Waals surface area contributed by atoms with Crippen LogP contribution in [0.4, 0.5) is 23.2 Å². The van der Waals surface area contributed by atoms with E-state index in [2.05, 4.69) is 5.32 Å². The van der Waals surface area contributed by atoms with Gasteiger partial charge in [-0.2, -0.15) is 24.5 Å². The Morgan fingerprint density at radius 2 is 1.94 bits per heavy atom. The molecule has 0 amide bonds. The summed E-state index contributed by atoms with van der Waals surface area (Å²) < 4.78 is 51.0. The predicted molar refractivity (Wildman–Crippen MR) is 63.0 cm³/mol. The number of nitrogens with one attached hydrogen (secondary N) is 1. The third-order valence-corrected chi connectivity index (χ3v) is 3.06. The van der Waals surface area contributed by atoms with E-state index in [0.29, 0.717) is 6.07 Å². The molecule has 1 heterocycles. The fourth-order valence-corrected chi connectivity index (χ4v) is 2.14. The number of halogens is 4.